The third-order valence-corrected chi connectivity index (χ3v) is 4.27. The second kappa shape index (κ2) is 4.68. The second-order valence-electron chi connectivity index (χ2n) is 5.58. The summed E-state index contributed by atoms with van der Waals surface area (Å²) in [4.78, 5) is 10.8. The summed E-state index contributed by atoms with van der Waals surface area (Å²) in [5.41, 5.74) is 0.901. The zero-order valence-corrected chi connectivity index (χ0v) is 12.0. The molecule has 0 fully saturated rings. The van der Waals surface area contributed by atoms with Gasteiger partial charge < -0.3 is 8.83 Å². The lowest BCUT2D eigenvalue weighted by Crippen LogP contribution is -2.05. The molecule has 1 aliphatic rings. The Hall–Kier alpha value is -3.14. The second-order valence-corrected chi connectivity index (χ2v) is 5.58. The minimum absolute atomic E-state index is 0.0145. The van der Waals surface area contributed by atoms with Crippen LogP contribution >= 0.6 is 0 Å². The third kappa shape index (κ3) is 1.85. The highest BCUT2D eigenvalue weighted by Gasteiger charge is 2.26. The van der Waals surface area contributed by atoms with Crippen molar-refractivity contribution in [1.29, 1.82) is 10.7 Å². The summed E-state index contributed by atoms with van der Waals surface area (Å²) < 4.78 is 11.1. The number of aryl methyl sites for hydroxylation is 2. The number of nitriles is 1. The Bertz CT molecular complexity index is 1080. The molecule has 1 aromatic carbocycles. The Morgan fingerprint density at radius 2 is 2.04 bits per heavy atom. The topological polar surface area (TPSA) is 117 Å². The molecular weight excluding hydrogens is 298 g/mol. The van der Waals surface area contributed by atoms with Crippen LogP contribution in [0.15, 0.2) is 21.0 Å². The van der Waals surface area contributed by atoms with Gasteiger partial charge in [0, 0.05) is 22.8 Å². The Kier molecular flexibility index (Phi) is 2.75. The molecule has 0 aliphatic heterocycles. The molecule has 0 bridgehead atoms. The van der Waals surface area contributed by atoms with Crippen molar-refractivity contribution in [3.05, 3.63) is 44.7 Å². The molecule has 1 aliphatic carbocycles. The van der Waals surface area contributed by atoms with Crippen LogP contribution in [0.25, 0.3) is 21.9 Å². The van der Waals surface area contributed by atoms with E-state index >= 15 is 0 Å². The monoisotopic (exact) mass is 309 g/mol. The van der Waals surface area contributed by atoms with Crippen molar-refractivity contribution in [1.82, 2.24) is 0 Å². The smallest absolute Gasteiger partial charge is 0.316 e. The SMILES string of the molecule is N#Cc1cc2c(oc1=N)c([N+](=O)[O-])cc1oc3c(c12)CCCC3. The molecule has 0 amide bonds. The van der Waals surface area contributed by atoms with Gasteiger partial charge in [-0.05, 0) is 25.3 Å². The molecule has 0 saturated carbocycles. The standard InChI is InChI=1S/C16H11N3O4/c17-7-8-5-10-14-9-3-1-2-4-12(9)22-13(14)6-11(19(20)21)15(10)23-16(8)18/h5-6,18H,1-4H2. The number of nitro groups is 1. The predicted molar refractivity (Wildman–Crippen MR) is 79.9 cm³/mol. The van der Waals surface area contributed by atoms with Crippen molar-refractivity contribution in [2.45, 2.75) is 25.7 Å². The summed E-state index contributed by atoms with van der Waals surface area (Å²) in [6.45, 7) is 0. The summed E-state index contributed by atoms with van der Waals surface area (Å²) in [7, 11) is 0. The van der Waals surface area contributed by atoms with Crippen LogP contribution in [0.2, 0.25) is 0 Å². The van der Waals surface area contributed by atoms with Gasteiger partial charge in [0.05, 0.1) is 11.0 Å². The summed E-state index contributed by atoms with van der Waals surface area (Å²) >= 11 is 0. The van der Waals surface area contributed by atoms with Gasteiger partial charge in [0.2, 0.25) is 11.1 Å². The first kappa shape index (κ1) is 13.5. The first-order chi connectivity index (χ1) is 11.1. The zero-order valence-electron chi connectivity index (χ0n) is 12.0. The molecule has 0 spiro atoms. The summed E-state index contributed by atoms with van der Waals surface area (Å²) in [5, 5.41) is 29.4. The number of nitro benzene ring substituents is 1. The van der Waals surface area contributed by atoms with Crippen molar-refractivity contribution >= 4 is 27.6 Å². The molecule has 0 atom stereocenters. The molecule has 0 saturated heterocycles. The van der Waals surface area contributed by atoms with Crippen LogP contribution in [0, 0.1) is 26.9 Å². The molecule has 7 nitrogen and oxygen atoms in total. The van der Waals surface area contributed by atoms with E-state index in [1.54, 1.807) is 0 Å². The summed E-state index contributed by atoms with van der Waals surface area (Å²) in [5.74, 6) is 0.849. The van der Waals surface area contributed by atoms with E-state index in [1.807, 2.05) is 6.07 Å². The molecule has 3 aromatic rings. The maximum atomic E-state index is 11.3. The molecule has 7 heteroatoms. The van der Waals surface area contributed by atoms with E-state index in [0.29, 0.717) is 11.0 Å². The van der Waals surface area contributed by atoms with Crippen molar-refractivity contribution in [3.63, 3.8) is 0 Å². The lowest BCUT2D eigenvalue weighted by atomic mass is 9.94. The average molecular weight is 309 g/mol. The number of non-ortho nitro benzene ring substituents is 1. The largest absolute Gasteiger partial charge is 0.460 e. The number of rotatable bonds is 1. The number of furan rings is 1. The van der Waals surface area contributed by atoms with E-state index < -0.39 is 4.92 Å². The number of hydrogen-bond acceptors (Lipinski definition) is 6. The van der Waals surface area contributed by atoms with Crippen LogP contribution in [0.4, 0.5) is 5.69 Å². The fourth-order valence-corrected chi connectivity index (χ4v) is 3.26. The minimum atomic E-state index is -0.557. The molecular formula is C16H11N3O4. The maximum absolute atomic E-state index is 11.3. The van der Waals surface area contributed by atoms with Gasteiger partial charge in [0.15, 0.2) is 0 Å². The number of fused-ring (bicyclic) bond motifs is 5. The Morgan fingerprint density at radius 1 is 1.26 bits per heavy atom. The molecule has 0 unspecified atom stereocenters. The quantitative estimate of drug-likeness (QED) is 0.546. The predicted octanol–water partition coefficient (Wildman–Crippen LogP) is 3.32. The number of nitrogens with one attached hydrogen (secondary N) is 1. The van der Waals surface area contributed by atoms with Crippen LogP contribution < -0.4 is 5.55 Å². The maximum Gasteiger partial charge on any atom is 0.316 e. The molecule has 2 heterocycles. The first-order valence-electron chi connectivity index (χ1n) is 7.24. The zero-order chi connectivity index (χ0) is 16.1. The van der Waals surface area contributed by atoms with E-state index in [2.05, 4.69) is 0 Å². The highest BCUT2D eigenvalue weighted by Crippen LogP contribution is 2.40. The van der Waals surface area contributed by atoms with Gasteiger partial charge >= 0.3 is 5.69 Å². The van der Waals surface area contributed by atoms with E-state index in [1.165, 1.54) is 12.1 Å². The number of benzene rings is 1. The fourth-order valence-electron chi connectivity index (χ4n) is 3.26. The highest BCUT2D eigenvalue weighted by molar-refractivity contribution is 6.09. The fraction of sp³-hybridized carbons (Fsp3) is 0.250. The van der Waals surface area contributed by atoms with E-state index in [4.69, 9.17) is 19.5 Å². The summed E-state index contributed by atoms with van der Waals surface area (Å²) in [6, 6.07) is 4.73. The lowest BCUT2D eigenvalue weighted by Gasteiger charge is -2.09. The van der Waals surface area contributed by atoms with Gasteiger partial charge in [-0.2, -0.15) is 5.26 Å². The van der Waals surface area contributed by atoms with E-state index in [9.17, 15) is 10.1 Å². The Labute approximate surface area is 129 Å². The van der Waals surface area contributed by atoms with Crippen molar-refractivity contribution in [2.75, 3.05) is 0 Å². The van der Waals surface area contributed by atoms with Crippen LogP contribution in [0.1, 0.15) is 29.7 Å². The number of hydrogen-bond donors (Lipinski definition) is 1. The molecule has 0 radical (unpaired) electrons. The van der Waals surface area contributed by atoms with Gasteiger partial charge in [0.25, 0.3) is 0 Å². The normalized spacial score (nSPS) is 13.9. The van der Waals surface area contributed by atoms with Gasteiger partial charge in [-0.25, -0.2) is 0 Å². The molecule has 23 heavy (non-hydrogen) atoms. The van der Waals surface area contributed by atoms with Gasteiger partial charge in [-0.1, -0.05) is 0 Å². The van der Waals surface area contributed by atoms with Crippen LogP contribution in [-0.4, -0.2) is 4.92 Å². The molecule has 114 valence electrons. The van der Waals surface area contributed by atoms with Crippen molar-refractivity contribution < 1.29 is 13.8 Å². The van der Waals surface area contributed by atoms with E-state index in [-0.39, 0.29) is 22.4 Å². The van der Waals surface area contributed by atoms with Crippen LogP contribution in [0.5, 0.6) is 0 Å². The highest BCUT2D eigenvalue weighted by atomic mass is 16.6. The van der Waals surface area contributed by atoms with Gasteiger partial charge in [-0.3, -0.25) is 15.5 Å². The number of nitrogens with zero attached hydrogens (tertiary/aromatic N) is 2. The van der Waals surface area contributed by atoms with Crippen molar-refractivity contribution in [2.24, 2.45) is 0 Å². The first-order valence-corrected chi connectivity index (χ1v) is 7.24. The van der Waals surface area contributed by atoms with Crippen LogP contribution in [-0.2, 0) is 12.8 Å². The van der Waals surface area contributed by atoms with Gasteiger partial charge in [0.1, 0.15) is 23.0 Å². The third-order valence-electron chi connectivity index (χ3n) is 4.27. The molecule has 2 aromatic heterocycles. The van der Waals surface area contributed by atoms with Crippen molar-refractivity contribution in [3.8, 4) is 6.07 Å². The van der Waals surface area contributed by atoms with Gasteiger partial charge in [-0.15, -0.1) is 0 Å². The average Bonchev–Trinajstić information content (AvgIpc) is 2.91. The summed E-state index contributed by atoms with van der Waals surface area (Å²) in [6.07, 6.45) is 3.69. The Morgan fingerprint density at radius 3 is 2.78 bits per heavy atom. The minimum Gasteiger partial charge on any atom is -0.460 e. The van der Waals surface area contributed by atoms with Crippen LogP contribution in [0.3, 0.4) is 0 Å². The van der Waals surface area contributed by atoms with E-state index in [0.717, 1.165) is 42.4 Å². The Balaban J connectivity index is 2.25. The lowest BCUT2D eigenvalue weighted by molar-refractivity contribution is -0.383. The molecule has 1 N–H and O–H groups in total. The molecule has 4 rings (SSSR count).